The molecule has 6 heteroatoms. The summed E-state index contributed by atoms with van der Waals surface area (Å²) in [5.74, 6) is 3.06. The minimum absolute atomic E-state index is 0.261. The fourth-order valence-electron chi connectivity index (χ4n) is 2.52. The van der Waals surface area contributed by atoms with E-state index in [0.717, 1.165) is 5.56 Å². The first-order chi connectivity index (χ1) is 10.6. The van der Waals surface area contributed by atoms with Crippen molar-refractivity contribution in [2.75, 3.05) is 6.54 Å². The van der Waals surface area contributed by atoms with Gasteiger partial charge in [0.2, 0.25) is 10.0 Å². The molecule has 0 spiro atoms. The second-order valence-corrected chi connectivity index (χ2v) is 13.7. The Kier molecular flexibility index (Phi) is 5.36. The molecule has 0 saturated carbocycles. The molecule has 1 N–H and O–H groups in total. The fourth-order valence-corrected chi connectivity index (χ4v) is 4.71. The lowest BCUT2D eigenvalue weighted by molar-refractivity contribution is 0.0785. The summed E-state index contributed by atoms with van der Waals surface area (Å²) in [6, 6.07) is 6.16. The number of sulfonamides is 1. The smallest absolute Gasteiger partial charge is 0.244 e. The average molecular weight is 352 g/mol. The van der Waals surface area contributed by atoms with Crippen LogP contribution < -0.4 is 0 Å². The summed E-state index contributed by atoms with van der Waals surface area (Å²) in [5.41, 5.74) is 4.22. The summed E-state index contributed by atoms with van der Waals surface area (Å²) >= 11 is 0. The number of hydrogen-bond donors (Lipinski definition) is 1. The molecule has 4 nitrogen and oxygen atoms in total. The van der Waals surface area contributed by atoms with Gasteiger partial charge in [-0.15, -0.1) is 5.54 Å². The molecule has 1 heterocycles. The molecule has 1 aliphatic heterocycles. The summed E-state index contributed by atoms with van der Waals surface area (Å²) in [6.45, 7) is 8.64. The van der Waals surface area contributed by atoms with E-state index in [4.69, 9.17) is 0 Å². The van der Waals surface area contributed by atoms with Crippen molar-refractivity contribution in [3.05, 3.63) is 29.8 Å². The van der Waals surface area contributed by atoms with Crippen molar-refractivity contribution in [1.29, 1.82) is 0 Å². The van der Waals surface area contributed by atoms with Crippen LogP contribution in [0.1, 0.15) is 18.4 Å². The van der Waals surface area contributed by atoms with Gasteiger partial charge in [0.1, 0.15) is 14.1 Å². The van der Waals surface area contributed by atoms with Gasteiger partial charge in [0.05, 0.1) is 11.0 Å². The number of hydrogen-bond acceptors (Lipinski definition) is 3. The SMILES string of the molecule is Cc1ccc(S(=O)(=O)N2CCC[C@@H](O)[C@H]2C#C[Si](C)(C)C)cc1. The molecular weight excluding hydrogens is 326 g/mol. The molecule has 1 aliphatic rings. The Labute approximate surface area is 140 Å². The summed E-state index contributed by atoms with van der Waals surface area (Å²) < 4.78 is 27.2. The number of aliphatic hydroxyl groups is 1. The van der Waals surface area contributed by atoms with Crippen molar-refractivity contribution >= 4 is 18.1 Å². The molecule has 0 unspecified atom stereocenters. The minimum Gasteiger partial charge on any atom is -0.390 e. The van der Waals surface area contributed by atoms with Crippen molar-refractivity contribution in [1.82, 2.24) is 4.31 Å². The fraction of sp³-hybridized carbons (Fsp3) is 0.529. The van der Waals surface area contributed by atoms with Crippen LogP contribution in [0.4, 0.5) is 0 Å². The summed E-state index contributed by atoms with van der Waals surface area (Å²) in [7, 11) is -5.28. The normalized spacial score (nSPS) is 23.2. The Balaban J connectivity index is 2.40. The third-order valence-corrected chi connectivity index (χ3v) is 6.57. The third kappa shape index (κ3) is 4.45. The molecule has 1 saturated heterocycles. The van der Waals surface area contributed by atoms with Gasteiger partial charge < -0.3 is 5.11 Å². The Hall–Kier alpha value is -1.13. The van der Waals surface area contributed by atoms with Crippen LogP contribution >= 0.6 is 0 Å². The quantitative estimate of drug-likeness (QED) is 0.657. The molecule has 0 bridgehead atoms. The first-order valence-electron chi connectivity index (χ1n) is 7.90. The van der Waals surface area contributed by atoms with E-state index in [1.807, 2.05) is 6.92 Å². The molecule has 0 aromatic heterocycles. The van der Waals surface area contributed by atoms with Crippen LogP contribution in [-0.2, 0) is 10.0 Å². The molecule has 1 aromatic carbocycles. The van der Waals surface area contributed by atoms with Crippen LogP contribution in [-0.4, -0.2) is 44.6 Å². The van der Waals surface area contributed by atoms with Crippen LogP contribution in [0.15, 0.2) is 29.2 Å². The number of rotatable bonds is 2. The Morgan fingerprint density at radius 3 is 2.39 bits per heavy atom. The second-order valence-electron chi connectivity index (χ2n) is 7.10. The predicted molar refractivity (Wildman–Crippen MR) is 95.2 cm³/mol. The lowest BCUT2D eigenvalue weighted by atomic mass is 10.0. The highest BCUT2D eigenvalue weighted by Gasteiger charge is 2.37. The molecule has 0 radical (unpaired) electrons. The van der Waals surface area contributed by atoms with E-state index in [9.17, 15) is 13.5 Å². The molecule has 0 amide bonds. The van der Waals surface area contributed by atoms with E-state index in [-0.39, 0.29) is 4.90 Å². The zero-order valence-corrected chi connectivity index (χ0v) is 16.0. The average Bonchev–Trinajstić information content (AvgIpc) is 2.45. The molecule has 23 heavy (non-hydrogen) atoms. The molecule has 2 atom stereocenters. The van der Waals surface area contributed by atoms with Crippen molar-refractivity contribution in [2.45, 2.75) is 56.4 Å². The van der Waals surface area contributed by atoms with Crippen molar-refractivity contribution in [2.24, 2.45) is 0 Å². The molecule has 126 valence electrons. The van der Waals surface area contributed by atoms with Gasteiger partial charge in [0.25, 0.3) is 0 Å². The maximum atomic E-state index is 12.9. The highest BCUT2D eigenvalue weighted by Crippen LogP contribution is 2.25. The first-order valence-corrected chi connectivity index (χ1v) is 12.8. The molecule has 1 aromatic rings. The van der Waals surface area contributed by atoms with Crippen LogP contribution in [0, 0.1) is 18.4 Å². The maximum absolute atomic E-state index is 12.9. The minimum atomic E-state index is -3.64. The van der Waals surface area contributed by atoms with E-state index in [0.29, 0.717) is 19.4 Å². The highest BCUT2D eigenvalue weighted by atomic mass is 32.2. The lowest BCUT2D eigenvalue weighted by Gasteiger charge is -2.35. The number of nitrogens with zero attached hydrogens (tertiary/aromatic N) is 1. The molecule has 2 rings (SSSR count). The lowest BCUT2D eigenvalue weighted by Crippen LogP contribution is -2.50. The van der Waals surface area contributed by atoms with Crippen LogP contribution in [0.5, 0.6) is 0 Å². The van der Waals surface area contributed by atoms with Gasteiger partial charge in [-0.1, -0.05) is 43.3 Å². The number of aliphatic hydroxyl groups excluding tert-OH is 1. The van der Waals surface area contributed by atoms with Gasteiger partial charge in [0.15, 0.2) is 0 Å². The van der Waals surface area contributed by atoms with Crippen molar-refractivity contribution in [3.63, 3.8) is 0 Å². The van der Waals surface area contributed by atoms with E-state index in [1.165, 1.54) is 4.31 Å². The van der Waals surface area contributed by atoms with E-state index in [1.54, 1.807) is 24.3 Å². The zero-order chi connectivity index (χ0) is 17.3. The van der Waals surface area contributed by atoms with Crippen molar-refractivity contribution in [3.8, 4) is 11.5 Å². The predicted octanol–water partition coefficient (Wildman–Crippen LogP) is 2.39. The Bertz CT molecular complexity index is 711. The van der Waals surface area contributed by atoms with E-state index in [2.05, 4.69) is 31.1 Å². The molecule has 1 fully saturated rings. The molecular formula is C17H25NO3SSi. The van der Waals surface area contributed by atoms with Crippen molar-refractivity contribution < 1.29 is 13.5 Å². The Morgan fingerprint density at radius 2 is 1.83 bits per heavy atom. The zero-order valence-electron chi connectivity index (χ0n) is 14.2. The van der Waals surface area contributed by atoms with E-state index >= 15 is 0 Å². The van der Waals surface area contributed by atoms with Gasteiger partial charge in [-0.2, -0.15) is 4.31 Å². The van der Waals surface area contributed by atoms with Gasteiger partial charge >= 0.3 is 0 Å². The van der Waals surface area contributed by atoms with Gasteiger partial charge in [-0.05, 0) is 31.9 Å². The number of piperidine rings is 1. The van der Waals surface area contributed by atoms with Gasteiger partial charge in [-0.3, -0.25) is 0 Å². The van der Waals surface area contributed by atoms with E-state index < -0.39 is 30.2 Å². The Morgan fingerprint density at radius 1 is 1.22 bits per heavy atom. The largest absolute Gasteiger partial charge is 0.390 e. The summed E-state index contributed by atoms with van der Waals surface area (Å²) in [5, 5.41) is 10.3. The first kappa shape index (κ1) is 18.2. The van der Waals surface area contributed by atoms with Gasteiger partial charge in [-0.25, -0.2) is 8.42 Å². The number of benzene rings is 1. The van der Waals surface area contributed by atoms with Crippen LogP contribution in [0.3, 0.4) is 0 Å². The maximum Gasteiger partial charge on any atom is 0.244 e. The second kappa shape index (κ2) is 6.77. The topological polar surface area (TPSA) is 57.6 Å². The van der Waals surface area contributed by atoms with Crippen LogP contribution in [0.25, 0.3) is 0 Å². The summed E-state index contributed by atoms with van der Waals surface area (Å²) in [6.07, 6.45) is 0.510. The number of aryl methyl sites for hydroxylation is 1. The van der Waals surface area contributed by atoms with Crippen LogP contribution in [0.2, 0.25) is 19.6 Å². The molecule has 0 aliphatic carbocycles. The standard InChI is InChI=1S/C17H25NO3SSi/c1-14-7-9-15(10-8-14)22(20,21)18-12-5-6-17(19)16(18)11-13-23(2,3)4/h7-10,16-17,19H,5-6,12H2,1-4H3/t16-,17-/m1/s1. The third-order valence-electron chi connectivity index (χ3n) is 3.78. The highest BCUT2D eigenvalue weighted by molar-refractivity contribution is 7.89. The summed E-state index contributed by atoms with van der Waals surface area (Å²) in [4.78, 5) is 0.261. The van der Waals surface area contributed by atoms with Gasteiger partial charge in [0, 0.05) is 6.54 Å². The monoisotopic (exact) mass is 351 g/mol.